The monoisotopic (exact) mass is 925 g/mol. The largest absolute Gasteiger partial charge is 0.349 e. The van der Waals surface area contributed by atoms with Crippen LogP contribution in [0.2, 0.25) is 0 Å². The molecule has 4 heterocycles. The SMILES string of the molecule is CC(C)CC(C)C(CN1CC(C)(C)NC(C)(C)C1=O)Nc1nc(NC(CN2CC(C)(C)NC(C)(C)C2=O)C(C)CC(C)C)nc(NC(CN2CC(C)(C)NC(C)(C)C2=O)C(C)CC(C)C)n1. The lowest BCUT2D eigenvalue weighted by molar-refractivity contribution is -0.144. The molecule has 6 atom stereocenters. The summed E-state index contributed by atoms with van der Waals surface area (Å²) in [5.41, 5.74) is -2.98. The van der Waals surface area contributed by atoms with Gasteiger partial charge in [0.2, 0.25) is 35.6 Å². The maximum atomic E-state index is 14.0. The van der Waals surface area contributed by atoms with Crippen molar-refractivity contribution >= 4 is 35.6 Å². The summed E-state index contributed by atoms with van der Waals surface area (Å²) in [5.74, 6) is 3.20. The average molecular weight is 925 g/mol. The summed E-state index contributed by atoms with van der Waals surface area (Å²) < 4.78 is 0. The predicted molar refractivity (Wildman–Crippen MR) is 272 cm³/mol. The molecule has 3 aliphatic heterocycles. The van der Waals surface area contributed by atoms with Crippen LogP contribution in [0, 0.1) is 35.5 Å². The zero-order valence-corrected chi connectivity index (χ0v) is 45.5. The molecule has 4 rings (SSSR count). The van der Waals surface area contributed by atoms with Gasteiger partial charge >= 0.3 is 0 Å². The summed E-state index contributed by atoms with van der Waals surface area (Å²) in [7, 11) is 0. The minimum absolute atomic E-state index is 0.0670. The highest BCUT2D eigenvalue weighted by Gasteiger charge is 2.47. The maximum absolute atomic E-state index is 14.0. The molecule has 6 unspecified atom stereocenters. The van der Waals surface area contributed by atoms with Crippen LogP contribution in [-0.2, 0) is 14.4 Å². The quantitative estimate of drug-likeness (QED) is 0.0733. The number of hydrogen-bond donors (Lipinski definition) is 6. The van der Waals surface area contributed by atoms with E-state index in [1.54, 1.807) is 0 Å². The Balaban J connectivity index is 1.85. The lowest BCUT2D eigenvalue weighted by Gasteiger charge is -2.48. The first kappa shape index (κ1) is 55.3. The van der Waals surface area contributed by atoms with Crippen LogP contribution in [0.15, 0.2) is 0 Å². The Morgan fingerprint density at radius 2 is 0.636 bits per heavy atom. The molecule has 3 fully saturated rings. The second-order valence-corrected chi connectivity index (χ2v) is 25.8. The number of nitrogens with zero attached hydrogens (tertiary/aromatic N) is 6. The molecule has 1 aromatic heterocycles. The third kappa shape index (κ3) is 15.1. The summed E-state index contributed by atoms with van der Waals surface area (Å²) in [4.78, 5) is 63.6. The number of amides is 3. The van der Waals surface area contributed by atoms with E-state index in [1.807, 2.05) is 56.2 Å². The molecular formula is C51H96N12O3. The van der Waals surface area contributed by atoms with Gasteiger partial charge in [-0.1, -0.05) is 62.3 Å². The van der Waals surface area contributed by atoms with Crippen LogP contribution in [0.1, 0.15) is 165 Å². The number of carbonyl (C=O) groups excluding carboxylic acids is 3. The predicted octanol–water partition coefficient (Wildman–Crippen LogP) is 7.23. The Labute approximate surface area is 401 Å². The number of hydrogen-bond acceptors (Lipinski definition) is 12. The van der Waals surface area contributed by atoms with E-state index in [1.165, 1.54) is 0 Å². The van der Waals surface area contributed by atoms with Gasteiger partial charge in [-0.05, 0) is 138 Å². The molecule has 0 aromatic carbocycles. The van der Waals surface area contributed by atoms with Crippen LogP contribution >= 0.6 is 0 Å². The molecule has 66 heavy (non-hydrogen) atoms. The summed E-state index contributed by atoms with van der Waals surface area (Å²) in [6, 6.07) is -0.538. The summed E-state index contributed by atoms with van der Waals surface area (Å²) >= 11 is 0. The molecule has 0 aliphatic carbocycles. The molecule has 378 valence electrons. The number of rotatable bonds is 21. The summed E-state index contributed by atoms with van der Waals surface area (Å²) in [6.45, 7) is 47.9. The number of carbonyl (C=O) groups is 3. The van der Waals surface area contributed by atoms with E-state index in [0.717, 1.165) is 19.3 Å². The van der Waals surface area contributed by atoms with Gasteiger partial charge in [0.1, 0.15) is 0 Å². The molecule has 3 aliphatic rings. The highest BCUT2D eigenvalue weighted by atomic mass is 16.2. The van der Waals surface area contributed by atoms with Crippen molar-refractivity contribution in [3.8, 4) is 0 Å². The molecule has 15 heteroatoms. The average Bonchev–Trinajstić information content (AvgIpc) is 3.11. The van der Waals surface area contributed by atoms with Crippen LogP contribution in [-0.4, -0.2) is 138 Å². The molecular weight excluding hydrogens is 829 g/mol. The van der Waals surface area contributed by atoms with Crippen molar-refractivity contribution in [1.29, 1.82) is 0 Å². The van der Waals surface area contributed by atoms with Crippen molar-refractivity contribution in [2.75, 3.05) is 55.2 Å². The summed E-state index contributed by atoms with van der Waals surface area (Å²) in [6.07, 6.45) is 2.81. The van der Waals surface area contributed by atoms with E-state index in [-0.39, 0.29) is 70.2 Å². The van der Waals surface area contributed by atoms with Crippen molar-refractivity contribution in [3.05, 3.63) is 0 Å². The smallest absolute Gasteiger partial charge is 0.242 e. The van der Waals surface area contributed by atoms with Gasteiger partial charge in [0.15, 0.2) is 0 Å². The lowest BCUT2D eigenvalue weighted by atomic mass is 9.88. The molecule has 6 N–H and O–H groups in total. The molecule has 3 amide bonds. The number of nitrogens with one attached hydrogen (secondary N) is 6. The topological polar surface area (TPSA) is 172 Å². The minimum atomic E-state index is -0.717. The van der Waals surface area contributed by atoms with Gasteiger partial charge in [0.25, 0.3) is 0 Å². The Morgan fingerprint density at radius 1 is 0.424 bits per heavy atom. The molecule has 0 bridgehead atoms. The van der Waals surface area contributed by atoms with Gasteiger partial charge in [-0.15, -0.1) is 0 Å². The Kier molecular flexibility index (Phi) is 17.4. The van der Waals surface area contributed by atoms with Crippen molar-refractivity contribution in [3.63, 3.8) is 0 Å². The van der Waals surface area contributed by atoms with Crippen LogP contribution in [0.25, 0.3) is 0 Å². The molecule has 0 radical (unpaired) electrons. The molecule has 1 aromatic rings. The van der Waals surface area contributed by atoms with Crippen LogP contribution in [0.5, 0.6) is 0 Å². The Hall–Kier alpha value is -3.30. The van der Waals surface area contributed by atoms with Gasteiger partial charge in [-0.2, -0.15) is 15.0 Å². The van der Waals surface area contributed by atoms with Crippen LogP contribution < -0.4 is 31.9 Å². The van der Waals surface area contributed by atoms with Gasteiger partial charge in [0, 0.05) is 74.0 Å². The van der Waals surface area contributed by atoms with E-state index in [4.69, 9.17) is 15.0 Å². The molecule has 0 spiro atoms. The number of piperazine rings is 3. The fraction of sp³-hybridized carbons (Fsp3) is 0.882. The highest BCUT2D eigenvalue weighted by Crippen LogP contribution is 2.30. The lowest BCUT2D eigenvalue weighted by Crippen LogP contribution is -2.70. The first-order chi connectivity index (χ1) is 30.0. The zero-order chi connectivity index (χ0) is 50.1. The first-order valence-corrected chi connectivity index (χ1v) is 25.3. The van der Waals surface area contributed by atoms with Crippen molar-refractivity contribution in [1.82, 2.24) is 45.6 Å². The highest BCUT2D eigenvalue weighted by molar-refractivity contribution is 5.88. The normalized spacial score (nSPS) is 24.0. The van der Waals surface area contributed by atoms with Gasteiger partial charge < -0.3 is 30.7 Å². The van der Waals surface area contributed by atoms with Gasteiger partial charge in [-0.3, -0.25) is 30.3 Å². The Morgan fingerprint density at radius 3 is 0.833 bits per heavy atom. The van der Waals surface area contributed by atoms with Crippen molar-refractivity contribution < 1.29 is 14.4 Å². The third-order valence-electron chi connectivity index (χ3n) is 13.6. The first-order valence-electron chi connectivity index (χ1n) is 25.3. The molecule has 15 nitrogen and oxygen atoms in total. The van der Waals surface area contributed by atoms with E-state index in [2.05, 4.69) is 136 Å². The molecule has 0 saturated carbocycles. The van der Waals surface area contributed by atoms with E-state index in [9.17, 15) is 14.4 Å². The van der Waals surface area contributed by atoms with E-state index in [0.29, 0.717) is 74.9 Å². The Bertz CT molecular complexity index is 1610. The van der Waals surface area contributed by atoms with Crippen LogP contribution in [0.3, 0.4) is 0 Å². The van der Waals surface area contributed by atoms with E-state index >= 15 is 0 Å². The van der Waals surface area contributed by atoms with Crippen LogP contribution in [0.4, 0.5) is 17.8 Å². The maximum Gasteiger partial charge on any atom is 0.242 e. The van der Waals surface area contributed by atoms with Gasteiger partial charge in [-0.25, -0.2) is 0 Å². The summed E-state index contributed by atoms with van der Waals surface area (Å²) in [5, 5.41) is 22.0. The van der Waals surface area contributed by atoms with Crippen molar-refractivity contribution in [2.45, 2.75) is 216 Å². The van der Waals surface area contributed by atoms with Crippen molar-refractivity contribution in [2.24, 2.45) is 35.5 Å². The fourth-order valence-electron chi connectivity index (χ4n) is 11.7. The second-order valence-electron chi connectivity index (χ2n) is 25.8. The molecule has 3 saturated heterocycles. The number of aromatic nitrogens is 3. The number of anilines is 3. The van der Waals surface area contributed by atoms with E-state index < -0.39 is 16.6 Å². The standard InChI is InChI=1S/C51H96N12O3/c1-31(2)22-34(7)37(25-61-28-46(10,11)58-49(16,17)40(61)64)52-43-55-44(53-38(35(8)23-32(3)4)26-62-29-47(12,13)59-50(18,19)41(62)65)57-45(56-43)54-39(36(9)24-33(5)6)27-63-30-48(14,15)60-51(20,21)42(63)66/h31-39,58-60H,22-30H2,1-21H3,(H3,52,53,54,55,56,57). The second kappa shape index (κ2) is 20.7. The third-order valence-corrected chi connectivity index (χ3v) is 13.6. The zero-order valence-electron chi connectivity index (χ0n) is 45.5. The minimum Gasteiger partial charge on any atom is -0.349 e. The van der Waals surface area contributed by atoms with Gasteiger partial charge in [0.05, 0.1) is 16.6 Å². The fourth-order valence-corrected chi connectivity index (χ4v) is 11.7.